The average Bonchev–Trinajstić information content (AvgIpc) is 2.71. The highest BCUT2D eigenvalue weighted by Gasteiger charge is 2.13. The highest BCUT2D eigenvalue weighted by Crippen LogP contribution is 2.25. The zero-order chi connectivity index (χ0) is 19.9. The second-order valence-electron chi connectivity index (χ2n) is 7.00. The number of benzene rings is 2. The fourth-order valence-corrected chi connectivity index (χ4v) is 3.25. The van der Waals surface area contributed by atoms with Gasteiger partial charge in [-0.2, -0.15) is 0 Å². The van der Waals surface area contributed by atoms with Crippen LogP contribution in [0.5, 0.6) is 11.5 Å². The van der Waals surface area contributed by atoms with Crippen molar-refractivity contribution in [3.8, 4) is 11.5 Å². The summed E-state index contributed by atoms with van der Waals surface area (Å²) in [5.41, 5.74) is 3.64. The van der Waals surface area contributed by atoms with Crippen LogP contribution in [0.15, 0.2) is 42.5 Å². The van der Waals surface area contributed by atoms with Crippen LogP contribution in [0.25, 0.3) is 0 Å². The molecule has 0 bridgehead atoms. The molecule has 28 heavy (non-hydrogen) atoms. The third-order valence-corrected chi connectivity index (χ3v) is 4.81. The molecule has 0 aliphatic heterocycles. The Hall–Kier alpha value is -3.02. The van der Waals surface area contributed by atoms with Crippen LogP contribution < -0.4 is 9.47 Å². The quantitative estimate of drug-likeness (QED) is 0.758. The lowest BCUT2D eigenvalue weighted by Crippen LogP contribution is -2.31. The Morgan fingerprint density at radius 1 is 0.929 bits per heavy atom. The lowest BCUT2D eigenvalue weighted by atomic mass is 9.92. The van der Waals surface area contributed by atoms with Gasteiger partial charge < -0.3 is 19.5 Å². The number of carbonyl (C=O) groups excluding carboxylic acids is 1. The number of carbonyl (C=O) groups is 2. The summed E-state index contributed by atoms with van der Waals surface area (Å²) in [6.07, 6.45) is 4.64. The molecule has 2 aromatic carbocycles. The SMILES string of the molecule is CN(Cc1ccc(OCC(=O)O)cc1)C(=O)COc1ccc2c(c1)CCCC2. The zero-order valence-corrected chi connectivity index (χ0v) is 16.0. The number of amides is 1. The summed E-state index contributed by atoms with van der Waals surface area (Å²) in [7, 11) is 1.73. The van der Waals surface area contributed by atoms with Gasteiger partial charge in [-0.25, -0.2) is 4.79 Å². The largest absolute Gasteiger partial charge is 0.484 e. The Balaban J connectivity index is 1.48. The normalized spacial score (nSPS) is 12.8. The Morgan fingerprint density at radius 2 is 1.57 bits per heavy atom. The van der Waals surface area contributed by atoms with E-state index in [4.69, 9.17) is 14.6 Å². The average molecular weight is 383 g/mol. The summed E-state index contributed by atoms with van der Waals surface area (Å²) in [6.45, 7) is 0.0540. The van der Waals surface area contributed by atoms with Crippen molar-refractivity contribution in [1.29, 1.82) is 0 Å². The minimum Gasteiger partial charge on any atom is -0.484 e. The molecule has 1 N–H and O–H groups in total. The molecule has 0 unspecified atom stereocenters. The predicted molar refractivity (Wildman–Crippen MR) is 105 cm³/mol. The van der Waals surface area contributed by atoms with Crippen LogP contribution in [0.1, 0.15) is 29.5 Å². The van der Waals surface area contributed by atoms with Gasteiger partial charge in [-0.15, -0.1) is 0 Å². The van der Waals surface area contributed by atoms with Crippen molar-refractivity contribution in [2.24, 2.45) is 0 Å². The molecule has 0 fully saturated rings. The molecule has 0 radical (unpaired) electrons. The van der Waals surface area contributed by atoms with Crippen molar-refractivity contribution in [3.05, 3.63) is 59.2 Å². The minimum absolute atomic E-state index is 0.00487. The van der Waals surface area contributed by atoms with Crippen molar-refractivity contribution >= 4 is 11.9 Å². The van der Waals surface area contributed by atoms with E-state index in [9.17, 15) is 9.59 Å². The summed E-state index contributed by atoms with van der Waals surface area (Å²) >= 11 is 0. The van der Waals surface area contributed by atoms with Crippen LogP contribution in [0.2, 0.25) is 0 Å². The molecule has 0 saturated carbocycles. The molecule has 6 heteroatoms. The maximum atomic E-state index is 12.4. The van der Waals surface area contributed by atoms with Crippen molar-refractivity contribution in [2.75, 3.05) is 20.3 Å². The number of hydrogen-bond acceptors (Lipinski definition) is 4. The van der Waals surface area contributed by atoms with Gasteiger partial charge in [-0.3, -0.25) is 4.79 Å². The Morgan fingerprint density at radius 3 is 2.29 bits per heavy atom. The molecule has 0 atom stereocenters. The molecule has 0 saturated heterocycles. The predicted octanol–water partition coefficient (Wildman–Crippen LogP) is 3.07. The highest BCUT2D eigenvalue weighted by atomic mass is 16.5. The smallest absolute Gasteiger partial charge is 0.341 e. The summed E-state index contributed by atoms with van der Waals surface area (Å²) < 4.78 is 10.8. The molecule has 1 amide bonds. The van der Waals surface area contributed by atoms with Gasteiger partial charge in [0.1, 0.15) is 11.5 Å². The van der Waals surface area contributed by atoms with E-state index in [0.717, 1.165) is 24.2 Å². The molecule has 0 aromatic heterocycles. The first-order valence-electron chi connectivity index (χ1n) is 9.43. The molecule has 0 heterocycles. The Bertz CT molecular complexity index is 831. The number of rotatable bonds is 8. The van der Waals surface area contributed by atoms with Crippen molar-refractivity contribution in [1.82, 2.24) is 4.90 Å². The van der Waals surface area contributed by atoms with E-state index in [1.165, 1.54) is 24.0 Å². The number of ether oxygens (including phenoxy) is 2. The van der Waals surface area contributed by atoms with E-state index in [1.807, 2.05) is 18.2 Å². The fraction of sp³-hybridized carbons (Fsp3) is 0.364. The third kappa shape index (κ3) is 5.49. The first-order valence-corrected chi connectivity index (χ1v) is 9.43. The number of fused-ring (bicyclic) bond motifs is 1. The van der Waals surface area contributed by atoms with Gasteiger partial charge >= 0.3 is 5.97 Å². The molecular weight excluding hydrogens is 358 g/mol. The van der Waals surface area contributed by atoms with Crippen LogP contribution in [-0.2, 0) is 29.0 Å². The number of carboxylic acid groups (broad SMARTS) is 1. The van der Waals surface area contributed by atoms with Crippen LogP contribution in [0, 0.1) is 0 Å². The second-order valence-corrected chi connectivity index (χ2v) is 7.00. The van der Waals surface area contributed by atoms with Crippen molar-refractivity contribution in [2.45, 2.75) is 32.2 Å². The van der Waals surface area contributed by atoms with E-state index in [0.29, 0.717) is 12.3 Å². The van der Waals surface area contributed by atoms with E-state index < -0.39 is 5.97 Å². The van der Waals surface area contributed by atoms with Gasteiger partial charge in [0.05, 0.1) is 0 Å². The standard InChI is InChI=1S/C22H25NO5/c1-23(13-16-6-9-19(10-7-16)28-15-22(25)26)21(24)14-27-20-11-8-17-4-2-3-5-18(17)12-20/h6-12H,2-5,13-15H2,1H3,(H,25,26). The van der Waals surface area contributed by atoms with E-state index in [1.54, 1.807) is 24.1 Å². The molecule has 6 nitrogen and oxygen atoms in total. The van der Waals surface area contributed by atoms with Gasteiger partial charge in [0.25, 0.3) is 5.91 Å². The molecule has 1 aliphatic rings. The maximum absolute atomic E-state index is 12.4. The van der Waals surface area contributed by atoms with Crippen molar-refractivity contribution in [3.63, 3.8) is 0 Å². The number of aliphatic carboxylic acids is 1. The monoisotopic (exact) mass is 383 g/mol. The zero-order valence-electron chi connectivity index (χ0n) is 16.0. The van der Waals surface area contributed by atoms with Gasteiger partial charge in [0.2, 0.25) is 0 Å². The van der Waals surface area contributed by atoms with Gasteiger partial charge in [-0.1, -0.05) is 18.2 Å². The third-order valence-electron chi connectivity index (χ3n) is 4.81. The minimum atomic E-state index is -1.02. The van der Waals surface area contributed by atoms with E-state index in [2.05, 4.69) is 12.1 Å². The summed E-state index contributed by atoms with van der Waals surface area (Å²) in [6, 6.07) is 13.1. The molecule has 3 rings (SSSR count). The van der Waals surface area contributed by atoms with Gasteiger partial charge in [0, 0.05) is 13.6 Å². The van der Waals surface area contributed by atoms with Crippen LogP contribution >= 0.6 is 0 Å². The second kappa shape index (κ2) is 9.26. The molecule has 148 valence electrons. The van der Waals surface area contributed by atoms with Crippen LogP contribution in [0.4, 0.5) is 0 Å². The summed E-state index contributed by atoms with van der Waals surface area (Å²) in [5, 5.41) is 8.62. The topological polar surface area (TPSA) is 76.1 Å². The fourth-order valence-electron chi connectivity index (χ4n) is 3.25. The molecule has 1 aliphatic carbocycles. The molecular formula is C22H25NO5. The molecule has 0 spiro atoms. The Kier molecular flexibility index (Phi) is 6.53. The number of likely N-dealkylation sites (N-methyl/N-ethyl adjacent to an activating group) is 1. The molecule has 2 aromatic rings. The first-order chi connectivity index (χ1) is 13.5. The van der Waals surface area contributed by atoms with Gasteiger partial charge in [-0.05, 0) is 66.6 Å². The number of nitrogens with zero attached hydrogens (tertiary/aromatic N) is 1. The lowest BCUT2D eigenvalue weighted by molar-refractivity contribution is -0.139. The summed E-state index contributed by atoms with van der Waals surface area (Å²) in [5.74, 6) is 0.0930. The number of carboxylic acids is 1. The number of aryl methyl sites for hydroxylation is 2. The van der Waals surface area contributed by atoms with E-state index in [-0.39, 0.29) is 19.1 Å². The number of hydrogen-bond donors (Lipinski definition) is 1. The van der Waals surface area contributed by atoms with Crippen molar-refractivity contribution < 1.29 is 24.2 Å². The van der Waals surface area contributed by atoms with E-state index >= 15 is 0 Å². The highest BCUT2D eigenvalue weighted by molar-refractivity contribution is 5.77. The first kappa shape index (κ1) is 19.7. The van der Waals surface area contributed by atoms with Crippen LogP contribution in [0.3, 0.4) is 0 Å². The Labute approximate surface area is 164 Å². The summed E-state index contributed by atoms with van der Waals surface area (Å²) in [4.78, 5) is 24.5. The van der Waals surface area contributed by atoms with Gasteiger partial charge in [0.15, 0.2) is 13.2 Å². The van der Waals surface area contributed by atoms with Crippen LogP contribution in [-0.4, -0.2) is 42.1 Å². The maximum Gasteiger partial charge on any atom is 0.341 e. The lowest BCUT2D eigenvalue weighted by Gasteiger charge is -2.19.